The number of aliphatic hydroxyl groups excluding tert-OH is 1. The van der Waals surface area contributed by atoms with Crippen LogP contribution in [0.4, 0.5) is 0 Å². The molecular formula is C2H5AuO2. The Morgan fingerprint density at radius 1 is 1.80 bits per heavy atom. The topological polar surface area (TPSA) is 29.5 Å². The Morgan fingerprint density at radius 2 is 2.40 bits per heavy atom. The van der Waals surface area contributed by atoms with Gasteiger partial charge in [0.25, 0.3) is 0 Å². The van der Waals surface area contributed by atoms with E-state index in [1.807, 2.05) is 21.5 Å². The summed E-state index contributed by atoms with van der Waals surface area (Å²) in [5.74, 6) is 0. The molecule has 2 nitrogen and oxygen atoms in total. The summed E-state index contributed by atoms with van der Waals surface area (Å²) in [5.41, 5.74) is 0. The van der Waals surface area contributed by atoms with Crippen molar-refractivity contribution in [2.45, 2.75) is 0 Å². The van der Waals surface area contributed by atoms with Crippen molar-refractivity contribution in [1.29, 1.82) is 0 Å². The fourth-order valence-electron chi connectivity index (χ4n) is 0.0275. The molecule has 0 fully saturated rings. The molecule has 36 valence electrons. The van der Waals surface area contributed by atoms with Gasteiger partial charge in [0.2, 0.25) is 0 Å². The average molecular weight is 258 g/mol. The van der Waals surface area contributed by atoms with E-state index in [4.69, 9.17) is 5.11 Å². The van der Waals surface area contributed by atoms with Crippen LogP contribution in [0.5, 0.6) is 0 Å². The van der Waals surface area contributed by atoms with E-state index in [1.54, 1.807) is 0 Å². The van der Waals surface area contributed by atoms with Crippen molar-refractivity contribution < 1.29 is 29.8 Å². The molecule has 0 radical (unpaired) electrons. The van der Waals surface area contributed by atoms with E-state index < -0.39 is 0 Å². The maximum absolute atomic E-state index is 7.93. The van der Waals surface area contributed by atoms with Crippen molar-refractivity contribution in [1.82, 2.24) is 0 Å². The Hall–Kier alpha value is 0.660. The molecule has 0 amide bonds. The molecule has 0 aromatic carbocycles. The van der Waals surface area contributed by atoms with Gasteiger partial charge in [0.05, 0.1) is 0 Å². The van der Waals surface area contributed by atoms with Gasteiger partial charge in [-0.25, -0.2) is 0 Å². The van der Waals surface area contributed by atoms with Crippen LogP contribution in [-0.2, 0) is 24.7 Å². The summed E-state index contributed by atoms with van der Waals surface area (Å²) < 4.78 is 4.39. The summed E-state index contributed by atoms with van der Waals surface area (Å²) in [6.07, 6.45) is 0. The van der Waals surface area contributed by atoms with Gasteiger partial charge < -0.3 is 0 Å². The first-order valence-corrected chi connectivity index (χ1v) is 2.11. The number of rotatable bonds is 2. The monoisotopic (exact) mass is 258 g/mol. The first-order valence-electron chi connectivity index (χ1n) is 1.23. The molecule has 3 heteroatoms. The predicted molar refractivity (Wildman–Crippen MR) is 13.0 cm³/mol. The minimum absolute atomic E-state index is 0.108. The van der Waals surface area contributed by atoms with Gasteiger partial charge >= 0.3 is 43.0 Å². The summed E-state index contributed by atoms with van der Waals surface area (Å²) in [7, 11) is 0. The molecular weight excluding hydrogens is 253 g/mol. The Bertz CT molecular complexity index is 15.1. The molecule has 0 rings (SSSR count). The predicted octanol–water partition coefficient (Wildman–Crippen LogP) is -0.543. The van der Waals surface area contributed by atoms with Crippen LogP contribution in [0.1, 0.15) is 0 Å². The zero-order valence-electron chi connectivity index (χ0n) is 2.57. The molecule has 0 aliphatic rings. The maximum atomic E-state index is 7.93. The number of hydrogen-bond acceptors (Lipinski definition) is 2. The second-order valence-electron chi connectivity index (χ2n) is 0.515. The molecule has 0 saturated carbocycles. The molecule has 0 spiro atoms. The third-order valence-corrected chi connectivity index (χ3v) is 0.595. The zero-order chi connectivity index (χ0) is 4.12. The fraction of sp³-hybridized carbons (Fsp3) is 1.00. The van der Waals surface area contributed by atoms with Crippen molar-refractivity contribution >= 4 is 0 Å². The molecule has 0 bridgehead atoms. The Morgan fingerprint density at radius 3 is 2.40 bits per heavy atom. The van der Waals surface area contributed by atoms with Crippen molar-refractivity contribution in [3.8, 4) is 0 Å². The molecule has 0 aromatic rings. The Balaban J connectivity index is 2.19. The number of aliphatic hydroxyl groups is 1. The van der Waals surface area contributed by atoms with Crippen LogP contribution in [0.3, 0.4) is 0 Å². The van der Waals surface area contributed by atoms with Gasteiger partial charge in [-0.1, -0.05) is 0 Å². The van der Waals surface area contributed by atoms with E-state index in [0.717, 1.165) is 0 Å². The van der Waals surface area contributed by atoms with E-state index in [-0.39, 0.29) is 6.61 Å². The summed E-state index contributed by atoms with van der Waals surface area (Å²) in [5, 5.41) is 7.93. The van der Waals surface area contributed by atoms with Crippen molar-refractivity contribution in [3.63, 3.8) is 0 Å². The van der Waals surface area contributed by atoms with Gasteiger partial charge in [0.15, 0.2) is 0 Å². The first-order chi connectivity index (χ1) is 2.41. The third-order valence-electron chi connectivity index (χ3n) is 0.153. The van der Waals surface area contributed by atoms with E-state index in [2.05, 4.69) is 3.24 Å². The normalized spacial score (nSPS) is 8.60. The van der Waals surface area contributed by atoms with Gasteiger partial charge in [-0.2, -0.15) is 0 Å². The summed E-state index contributed by atoms with van der Waals surface area (Å²) in [6, 6.07) is 0. The van der Waals surface area contributed by atoms with Crippen LogP contribution in [-0.4, -0.2) is 18.3 Å². The van der Waals surface area contributed by atoms with Gasteiger partial charge in [0, 0.05) is 0 Å². The van der Waals surface area contributed by atoms with Crippen molar-refractivity contribution in [2.24, 2.45) is 0 Å². The van der Waals surface area contributed by atoms with E-state index >= 15 is 0 Å². The van der Waals surface area contributed by atoms with Crippen LogP contribution in [0.25, 0.3) is 0 Å². The SMILES string of the molecule is OCC[O][Au]. The van der Waals surface area contributed by atoms with Crippen LogP contribution in [0.2, 0.25) is 0 Å². The van der Waals surface area contributed by atoms with Crippen LogP contribution < -0.4 is 0 Å². The second kappa shape index (κ2) is 4.66. The summed E-state index contributed by atoms with van der Waals surface area (Å²) in [6.45, 7) is 0.527. The quantitative estimate of drug-likeness (QED) is 0.674. The van der Waals surface area contributed by atoms with Crippen LogP contribution in [0, 0.1) is 0 Å². The molecule has 0 unspecified atom stereocenters. The third kappa shape index (κ3) is 4.66. The van der Waals surface area contributed by atoms with E-state index in [9.17, 15) is 0 Å². The molecule has 0 atom stereocenters. The molecule has 0 saturated heterocycles. The Labute approximate surface area is 43.5 Å². The van der Waals surface area contributed by atoms with Crippen LogP contribution in [0.15, 0.2) is 0 Å². The number of hydrogen-bond donors (Lipinski definition) is 1. The van der Waals surface area contributed by atoms with Gasteiger partial charge in [-0.15, -0.1) is 0 Å². The van der Waals surface area contributed by atoms with Crippen molar-refractivity contribution in [2.75, 3.05) is 13.2 Å². The second-order valence-corrected chi connectivity index (χ2v) is 1.14. The molecule has 0 aliphatic carbocycles. The molecule has 0 heterocycles. The van der Waals surface area contributed by atoms with E-state index in [0.29, 0.717) is 6.61 Å². The minimum atomic E-state index is 0.108. The first kappa shape index (κ1) is 5.66. The Kier molecular flexibility index (Phi) is 5.28. The molecule has 5 heavy (non-hydrogen) atoms. The van der Waals surface area contributed by atoms with Gasteiger partial charge in [-0.05, 0) is 0 Å². The zero-order valence-corrected chi connectivity index (χ0v) is 4.74. The van der Waals surface area contributed by atoms with Crippen molar-refractivity contribution in [3.05, 3.63) is 0 Å². The summed E-state index contributed by atoms with van der Waals surface area (Å²) >= 11 is 1.88. The molecule has 1 N–H and O–H groups in total. The molecule has 0 aliphatic heterocycles. The van der Waals surface area contributed by atoms with Gasteiger partial charge in [0.1, 0.15) is 0 Å². The van der Waals surface area contributed by atoms with E-state index in [1.165, 1.54) is 0 Å². The fourth-order valence-corrected chi connectivity index (χ4v) is 0.225. The summed E-state index contributed by atoms with van der Waals surface area (Å²) in [4.78, 5) is 0. The average Bonchev–Trinajstić information content (AvgIpc) is 1.41. The van der Waals surface area contributed by atoms with Crippen LogP contribution >= 0.6 is 0 Å². The standard InChI is InChI=1S/C2H5O2.Au/c3-1-2-4;/h3H,1-2H2;/q-1;+1. The van der Waals surface area contributed by atoms with Gasteiger partial charge in [-0.3, -0.25) is 0 Å². The molecule has 0 aromatic heterocycles.